The van der Waals surface area contributed by atoms with Gasteiger partial charge in [-0.2, -0.15) is 0 Å². The van der Waals surface area contributed by atoms with Gasteiger partial charge in [0.2, 0.25) is 0 Å². The third-order valence-corrected chi connectivity index (χ3v) is 4.23. The SMILES string of the molecule is O=C(Cn1c2ccccc2c(=O)c2ccccc21)Oc1ccccc1F. The maximum absolute atomic E-state index is 13.7. The standard InChI is InChI=1S/C21H14FNO3/c22-16-9-3-6-12-19(16)26-20(24)13-23-17-10-4-1-7-14(17)21(25)15-8-2-5-11-18(15)23/h1-12H,13H2. The van der Waals surface area contributed by atoms with Crippen LogP contribution in [-0.4, -0.2) is 10.5 Å². The molecule has 26 heavy (non-hydrogen) atoms. The molecule has 0 spiro atoms. The summed E-state index contributed by atoms with van der Waals surface area (Å²) in [4.78, 5) is 25.1. The molecular formula is C21H14FNO3. The Kier molecular flexibility index (Phi) is 3.97. The van der Waals surface area contributed by atoms with Crippen molar-refractivity contribution in [1.82, 2.24) is 4.57 Å². The third kappa shape index (κ3) is 2.73. The number of ether oxygens (including phenoxy) is 1. The molecule has 0 N–H and O–H groups in total. The number of aromatic nitrogens is 1. The summed E-state index contributed by atoms with van der Waals surface area (Å²) in [6.07, 6.45) is 0. The van der Waals surface area contributed by atoms with Crippen molar-refractivity contribution in [2.75, 3.05) is 0 Å². The summed E-state index contributed by atoms with van der Waals surface area (Å²) >= 11 is 0. The Morgan fingerprint density at radius 1 is 0.846 bits per heavy atom. The van der Waals surface area contributed by atoms with Crippen molar-refractivity contribution in [2.45, 2.75) is 6.54 Å². The fraction of sp³-hybridized carbons (Fsp3) is 0.0476. The van der Waals surface area contributed by atoms with Crippen LogP contribution in [0.4, 0.5) is 4.39 Å². The van der Waals surface area contributed by atoms with Gasteiger partial charge in [0, 0.05) is 10.8 Å². The van der Waals surface area contributed by atoms with Gasteiger partial charge in [-0.05, 0) is 36.4 Å². The van der Waals surface area contributed by atoms with Crippen molar-refractivity contribution in [3.05, 3.63) is 88.8 Å². The lowest BCUT2D eigenvalue weighted by Gasteiger charge is -2.14. The van der Waals surface area contributed by atoms with Crippen LogP contribution < -0.4 is 10.2 Å². The summed E-state index contributed by atoms with van der Waals surface area (Å²) in [5.74, 6) is -1.34. The Morgan fingerprint density at radius 3 is 2.00 bits per heavy atom. The average molecular weight is 347 g/mol. The van der Waals surface area contributed by atoms with Crippen molar-refractivity contribution in [2.24, 2.45) is 0 Å². The van der Waals surface area contributed by atoms with E-state index in [1.807, 2.05) is 0 Å². The Balaban J connectivity index is 1.82. The molecule has 1 heterocycles. The van der Waals surface area contributed by atoms with Crippen molar-refractivity contribution in [1.29, 1.82) is 0 Å². The highest BCUT2D eigenvalue weighted by atomic mass is 19.1. The number of rotatable bonds is 3. The summed E-state index contributed by atoms with van der Waals surface area (Å²) < 4.78 is 20.6. The Labute approximate surface area is 148 Å². The van der Waals surface area contributed by atoms with E-state index in [-0.39, 0.29) is 17.7 Å². The molecule has 0 fully saturated rings. The zero-order valence-electron chi connectivity index (χ0n) is 13.7. The predicted octanol–water partition coefficient (Wildman–Crippen LogP) is 3.90. The number of carbonyl (C=O) groups is 1. The Bertz CT molecular complexity index is 1140. The van der Waals surface area contributed by atoms with Gasteiger partial charge in [0.15, 0.2) is 17.0 Å². The zero-order chi connectivity index (χ0) is 18.1. The molecule has 0 amide bonds. The molecule has 0 saturated heterocycles. The van der Waals surface area contributed by atoms with Crippen molar-refractivity contribution >= 4 is 27.8 Å². The summed E-state index contributed by atoms with van der Waals surface area (Å²) in [6, 6.07) is 19.9. The number of pyridine rings is 1. The van der Waals surface area contributed by atoms with Crippen molar-refractivity contribution in [3.8, 4) is 5.75 Å². The summed E-state index contributed by atoms with van der Waals surface area (Å²) in [6.45, 7) is -0.143. The second-order valence-corrected chi connectivity index (χ2v) is 5.85. The number of halogens is 1. The molecule has 3 aromatic carbocycles. The van der Waals surface area contributed by atoms with Crippen LogP contribution in [-0.2, 0) is 11.3 Å². The first kappa shape index (κ1) is 16.0. The van der Waals surface area contributed by atoms with E-state index in [0.29, 0.717) is 21.8 Å². The smallest absolute Gasteiger partial charge is 0.331 e. The minimum atomic E-state index is -0.617. The minimum absolute atomic E-state index is 0.0880. The topological polar surface area (TPSA) is 48.3 Å². The summed E-state index contributed by atoms with van der Waals surface area (Å²) in [5, 5.41) is 1.04. The van der Waals surface area contributed by atoms with E-state index in [0.717, 1.165) is 0 Å². The second-order valence-electron chi connectivity index (χ2n) is 5.85. The number of nitrogens with zero attached hydrogens (tertiary/aromatic N) is 1. The minimum Gasteiger partial charge on any atom is -0.422 e. The number of benzene rings is 3. The maximum atomic E-state index is 13.7. The molecule has 0 aliphatic carbocycles. The quantitative estimate of drug-likeness (QED) is 0.321. The largest absolute Gasteiger partial charge is 0.422 e. The van der Waals surface area contributed by atoms with Crippen LogP contribution in [0.2, 0.25) is 0 Å². The molecule has 4 aromatic rings. The van der Waals surface area contributed by atoms with Gasteiger partial charge in [0.25, 0.3) is 0 Å². The highest BCUT2D eigenvalue weighted by Crippen LogP contribution is 2.20. The molecule has 0 radical (unpaired) electrons. The summed E-state index contributed by atoms with van der Waals surface area (Å²) in [7, 11) is 0. The molecular weight excluding hydrogens is 333 g/mol. The molecule has 0 unspecified atom stereocenters. The van der Waals surface area contributed by atoms with E-state index < -0.39 is 11.8 Å². The number of hydrogen-bond donors (Lipinski definition) is 0. The number of carbonyl (C=O) groups excluding carboxylic acids is 1. The van der Waals surface area contributed by atoms with E-state index in [4.69, 9.17) is 4.74 Å². The van der Waals surface area contributed by atoms with Crippen molar-refractivity contribution in [3.63, 3.8) is 0 Å². The van der Waals surface area contributed by atoms with Gasteiger partial charge in [0.05, 0.1) is 11.0 Å². The monoisotopic (exact) mass is 347 g/mol. The first-order valence-electron chi connectivity index (χ1n) is 8.10. The zero-order valence-corrected chi connectivity index (χ0v) is 13.7. The van der Waals surface area contributed by atoms with Crippen LogP contribution in [0, 0.1) is 5.82 Å². The highest BCUT2D eigenvalue weighted by Gasteiger charge is 2.15. The second kappa shape index (κ2) is 6.44. The van der Waals surface area contributed by atoms with Crippen LogP contribution in [0.1, 0.15) is 0 Å². The molecule has 0 saturated carbocycles. The fourth-order valence-electron chi connectivity index (χ4n) is 3.06. The molecule has 0 bridgehead atoms. The van der Waals surface area contributed by atoms with Gasteiger partial charge in [-0.1, -0.05) is 36.4 Å². The molecule has 1 aromatic heterocycles. The van der Waals surface area contributed by atoms with Gasteiger partial charge < -0.3 is 9.30 Å². The average Bonchev–Trinajstić information content (AvgIpc) is 2.67. The van der Waals surface area contributed by atoms with E-state index in [1.54, 1.807) is 59.2 Å². The number of hydrogen-bond acceptors (Lipinski definition) is 3. The normalized spacial score (nSPS) is 11.0. The van der Waals surface area contributed by atoms with Crippen LogP contribution in [0.25, 0.3) is 21.8 Å². The lowest BCUT2D eigenvalue weighted by molar-refractivity contribution is -0.135. The van der Waals surface area contributed by atoms with Gasteiger partial charge in [0.1, 0.15) is 6.54 Å². The van der Waals surface area contributed by atoms with Crippen molar-refractivity contribution < 1.29 is 13.9 Å². The summed E-state index contributed by atoms with van der Waals surface area (Å²) in [5.41, 5.74) is 1.17. The third-order valence-electron chi connectivity index (χ3n) is 4.23. The molecule has 4 rings (SSSR count). The number of esters is 1. The number of para-hydroxylation sites is 3. The Morgan fingerprint density at radius 2 is 1.38 bits per heavy atom. The Hall–Kier alpha value is -3.47. The highest BCUT2D eigenvalue weighted by molar-refractivity contribution is 5.94. The lowest BCUT2D eigenvalue weighted by atomic mass is 10.1. The van der Waals surface area contributed by atoms with Gasteiger partial charge in [-0.3, -0.25) is 4.79 Å². The van der Waals surface area contributed by atoms with Crippen LogP contribution in [0.5, 0.6) is 5.75 Å². The van der Waals surface area contributed by atoms with Gasteiger partial charge in [-0.25, -0.2) is 9.18 Å². The number of fused-ring (bicyclic) bond motifs is 2. The molecule has 0 aliphatic heterocycles. The molecule has 5 heteroatoms. The molecule has 128 valence electrons. The van der Waals surface area contributed by atoms with Gasteiger partial charge in [-0.15, -0.1) is 0 Å². The predicted molar refractivity (Wildman–Crippen MR) is 97.7 cm³/mol. The first-order valence-corrected chi connectivity index (χ1v) is 8.10. The van der Waals surface area contributed by atoms with E-state index in [1.165, 1.54) is 18.2 Å². The van der Waals surface area contributed by atoms with Gasteiger partial charge >= 0.3 is 5.97 Å². The maximum Gasteiger partial charge on any atom is 0.331 e. The molecule has 0 aliphatic rings. The molecule has 4 nitrogen and oxygen atoms in total. The molecule has 0 atom stereocenters. The van der Waals surface area contributed by atoms with Crippen LogP contribution >= 0.6 is 0 Å². The fourth-order valence-corrected chi connectivity index (χ4v) is 3.06. The van der Waals surface area contributed by atoms with E-state index in [9.17, 15) is 14.0 Å². The van der Waals surface area contributed by atoms with E-state index >= 15 is 0 Å². The van der Waals surface area contributed by atoms with Crippen LogP contribution in [0.3, 0.4) is 0 Å². The lowest BCUT2D eigenvalue weighted by Crippen LogP contribution is -2.20. The first-order chi connectivity index (χ1) is 12.6. The van der Waals surface area contributed by atoms with E-state index in [2.05, 4.69) is 0 Å². The van der Waals surface area contributed by atoms with Crippen LogP contribution in [0.15, 0.2) is 77.6 Å².